The Morgan fingerprint density at radius 2 is 2.54 bits per heavy atom. The lowest BCUT2D eigenvalue weighted by Crippen LogP contribution is -1.81. The molecule has 0 amide bonds. The van der Waals surface area contributed by atoms with Gasteiger partial charge >= 0.3 is 0 Å². The van der Waals surface area contributed by atoms with E-state index in [-0.39, 0.29) is 0 Å². The van der Waals surface area contributed by atoms with Gasteiger partial charge in [-0.3, -0.25) is 0 Å². The van der Waals surface area contributed by atoms with E-state index in [2.05, 4.69) is 16.5 Å². The van der Waals surface area contributed by atoms with Crippen molar-refractivity contribution < 1.29 is 4.42 Å². The smallest absolute Gasteiger partial charge is 0.198 e. The molecule has 2 heterocycles. The van der Waals surface area contributed by atoms with Crippen LogP contribution >= 0.6 is 0 Å². The zero-order valence-electron chi connectivity index (χ0n) is 7.16. The van der Waals surface area contributed by atoms with Crippen LogP contribution in [-0.2, 0) is 6.42 Å². The van der Waals surface area contributed by atoms with Gasteiger partial charge in [0.1, 0.15) is 12.0 Å². The van der Waals surface area contributed by atoms with Crippen molar-refractivity contribution in [2.75, 3.05) is 0 Å². The van der Waals surface area contributed by atoms with Gasteiger partial charge in [-0.2, -0.15) is 0 Å². The average molecular weight is 174 g/mol. The zero-order chi connectivity index (χ0) is 9.10. The standard InChI is InChI=1S/C10H10N2O/c1-2-4-10-12-9(7-13-10)8-5-3-6-11-8/h2-3,5-7,11H,1,4H2. The molecule has 0 aromatic carbocycles. The van der Waals surface area contributed by atoms with Crippen LogP contribution in [0.4, 0.5) is 0 Å². The van der Waals surface area contributed by atoms with Gasteiger partial charge in [0.15, 0.2) is 5.89 Å². The number of hydrogen-bond donors (Lipinski definition) is 1. The third kappa shape index (κ3) is 1.54. The highest BCUT2D eigenvalue weighted by Gasteiger charge is 2.04. The molecule has 3 nitrogen and oxygen atoms in total. The molecule has 66 valence electrons. The SMILES string of the molecule is C=CCc1nc(-c2ccc[nH]2)co1. The maximum absolute atomic E-state index is 5.23. The summed E-state index contributed by atoms with van der Waals surface area (Å²) >= 11 is 0. The van der Waals surface area contributed by atoms with Crippen molar-refractivity contribution in [1.82, 2.24) is 9.97 Å². The van der Waals surface area contributed by atoms with Gasteiger partial charge < -0.3 is 9.40 Å². The van der Waals surface area contributed by atoms with Gasteiger partial charge in [-0.05, 0) is 12.1 Å². The van der Waals surface area contributed by atoms with Crippen LogP contribution in [0.5, 0.6) is 0 Å². The molecule has 2 aromatic heterocycles. The molecule has 0 saturated heterocycles. The van der Waals surface area contributed by atoms with Crippen molar-refractivity contribution in [1.29, 1.82) is 0 Å². The summed E-state index contributed by atoms with van der Waals surface area (Å²) in [6.07, 6.45) is 5.94. The summed E-state index contributed by atoms with van der Waals surface area (Å²) in [6.45, 7) is 3.62. The zero-order valence-corrected chi connectivity index (χ0v) is 7.16. The van der Waals surface area contributed by atoms with Crippen LogP contribution in [-0.4, -0.2) is 9.97 Å². The predicted molar refractivity (Wildman–Crippen MR) is 50.2 cm³/mol. The predicted octanol–water partition coefficient (Wildman–Crippen LogP) is 2.40. The Morgan fingerprint density at radius 1 is 1.62 bits per heavy atom. The van der Waals surface area contributed by atoms with Crippen molar-refractivity contribution in [2.24, 2.45) is 0 Å². The van der Waals surface area contributed by atoms with Crippen molar-refractivity contribution in [3.63, 3.8) is 0 Å². The van der Waals surface area contributed by atoms with E-state index in [9.17, 15) is 0 Å². The molecule has 0 radical (unpaired) electrons. The largest absolute Gasteiger partial charge is 0.448 e. The summed E-state index contributed by atoms with van der Waals surface area (Å²) in [7, 11) is 0. The number of rotatable bonds is 3. The Labute approximate surface area is 76.1 Å². The number of H-pyrrole nitrogens is 1. The van der Waals surface area contributed by atoms with E-state index in [4.69, 9.17) is 4.42 Å². The Balaban J connectivity index is 2.28. The summed E-state index contributed by atoms with van der Waals surface area (Å²) in [5.41, 5.74) is 1.81. The Hall–Kier alpha value is -1.77. The maximum Gasteiger partial charge on any atom is 0.198 e. The van der Waals surface area contributed by atoms with Gasteiger partial charge in [-0.25, -0.2) is 4.98 Å². The molecule has 0 bridgehead atoms. The van der Waals surface area contributed by atoms with E-state index in [0.717, 1.165) is 11.4 Å². The number of aromatic nitrogens is 2. The van der Waals surface area contributed by atoms with Crippen LogP contribution in [0.2, 0.25) is 0 Å². The quantitative estimate of drug-likeness (QED) is 0.726. The highest BCUT2D eigenvalue weighted by molar-refractivity contribution is 5.52. The fraction of sp³-hybridized carbons (Fsp3) is 0.100. The lowest BCUT2D eigenvalue weighted by molar-refractivity contribution is 0.509. The van der Waals surface area contributed by atoms with E-state index < -0.39 is 0 Å². The molecule has 0 aliphatic rings. The van der Waals surface area contributed by atoms with Crippen LogP contribution in [0.15, 0.2) is 41.7 Å². The number of aromatic amines is 1. The molecule has 1 N–H and O–H groups in total. The van der Waals surface area contributed by atoms with E-state index >= 15 is 0 Å². The second-order valence-corrected chi connectivity index (χ2v) is 2.70. The van der Waals surface area contributed by atoms with Gasteiger partial charge in [0, 0.05) is 12.6 Å². The lowest BCUT2D eigenvalue weighted by atomic mass is 10.3. The normalized spacial score (nSPS) is 10.2. The van der Waals surface area contributed by atoms with Crippen molar-refractivity contribution in [2.45, 2.75) is 6.42 Å². The topological polar surface area (TPSA) is 41.8 Å². The van der Waals surface area contributed by atoms with Crippen LogP contribution < -0.4 is 0 Å². The number of nitrogens with one attached hydrogen (secondary N) is 1. The first kappa shape index (κ1) is 7.86. The van der Waals surface area contributed by atoms with E-state index in [1.54, 1.807) is 12.3 Å². The van der Waals surface area contributed by atoms with Crippen LogP contribution in [0.1, 0.15) is 5.89 Å². The van der Waals surface area contributed by atoms with Crippen molar-refractivity contribution in [3.05, 3.63) is 43.1 Å². The molecule has 2 rings (SSSR count). The summed E-state index contributed by atoms with van der Waals surface area (Å²) in [6, 6.07) is 3.88. The Bertz CT molecular complexity index is 387. The summed E-state index contributed by atoms with van der Waals surface area (Å²) in [5.74, 6) is 0.694. The van der Waals surface area contributed by atoms with E-state index in [1.165, 1.54) is 0 Å². The molecule has 0 aliphatic carbocycles. The Morgan fingerprint density at radius 3 is 3.23 bits per heavy atom. The minimum Gasteiger partial charge on any atom is -0.448 e. The summed E-state index contributed by atoms with van der Waals surface area (Å²) in [4.78, 5) is 7.33. The van der Waals surface area contributed by atoms with Gasteiger partial charge in [-0.15, -0.1) is 6.58 Å². The molecular weight excluding hydrogens is 164 g/mol. The molecule has 13 heavy (non-hydrogen) atoms. The highest BCUT2D eigenvalue weighted by Crippen LogP contribution is 2.15. The molecule has 0 saturated carbocycles. The number of allylic oxidation sites excluding steroid dienone is 1. The lowest BCUT2D eigenvalue weighted by Gasteiger charge is -1.86. The third-order valence-corrected chi connectivity index (χ3v) is 1.74. The first-order valence-corrected chi connectivity index (χ1v) is 4.09. The first-order chi connectivity index (χ1) is 6.40. The molecular formula is C10H10N2O. The van der Waals surface area contributed by atoms with Crippen molar-refractivity contribution >= 4 is 0 Å². The second-order valence-electron chi connectivity index (χ2n) is 2.70. The van der Waals surface area contributed by atoms with E-state index in [0.29, 0.717) is 12.3 Å². The first-order valence-electron chi connectivity index (χ1n) is 4.09. The number of oxazole rings is 1. The molecule has 0 unspecified atom stereocenters. The summed E-state index contributed by atoms with van der Waals surface area (Å²) < 4.78 is 5.23. The molecule has 0 atom stereocenters. The third-order valence-electron chi connectivity index (χ3n) is 1.74. The molecule has 0 aliphatic heterocycles. The van der Waals surface area contributed by atoms with Crippen LogP contribution in [0.25, 0.3) is 11.4 Å². The molecule has 3 heteroatoms. The monoisotopic (exact) mass is 174 g/mol. The summed E-state index contributed by atoms with van der Waals surface area (Å²) in [5, 5.41) is 0. The molecule has 0 spiro atoms. The number of nitrogens with zero attached hydrogens (tertiary/aromatic N) is 1. The molecule has 0 fully saturated rings. The average Bonchev–Trinajstić information content (AvgIpc) is 2.70. The van der Waals surface area contributed by atoms with Crippen LogP contribution in [0, 0.1) is 0 Å². The van der Waals surface area contributed by atoms with Gasteiger partial charge in [0.05, 0.1) is 5.69 Å². The van der Waals surface area contributed by atoms with Gasteiger partial charge in [0.2, 0.25) is 0 Å². The highest BCUT2D eigenvalue weighted by atomic mass is 16.3. The van der Waals surface area contributed by atoms with Crippen LogP contribution in [0.3, 0.4) is 0 Å². The fourth-order valence-corrected chi connectivity index (χ4v) is 1.14. The Kier molecular flexibility index (Phi) is 2.00. The molecule has 2 aromatic rings. The van der Waals surface area contributed by atoms with Crippen molar-refractivity contribution in [3.8, 4) is 11.4 Å². The number of hydrogen-bond acceptors (Lipinski definition) is 2. The minimum absolute atomic E-state index is 0.667. The van der Waals surface area contributed by atoms with Gasteiger partial charge in [-0.1, -0.05) is 6.08 Å². The van der Waals surface area contributed by atoms with E-state index in [1.807, 2.05) is 18.3 Å². The second kappa shape index (κ2) is 3.31. The minimum atomic E-state index is 0.667. The maximum atomic E-state index is 5.23. The van der Waals surface area contributed by atoms with Gasteiger partial charge in [0.25, 0.3) is 0 Å². The fourth-order valence-electron chi connectivity index (χ4n) is 1.14.